The van der Waals surface area contributed by atoms with Crippen molar-refractivity contribution in [3.63, 3.8) is 0 Å². The molecule has 2 unspecified atom stereocenters. The minimum atomic E-state index is 0.166. The van der Waals surface area contributed by atoms with E-state index < -0.39 is 0 Å². The van der Waals surface area contributed by atoms with Gasteiger partial charge in [0, 0.05) is 20.8 Å². The van der Waals surface area contributed by atoms with Crippen molar-refractivity contribution in [3.05, 3.63) is 20.8 Å². The Morgan fingerprint density at radius 1 is 1.62 bits per heavy atom. The Labute approximate surface area is 108 Å². The van der Waals surface area contributed by atoms with Gasteiger partial charge in [-0.2, -0.15) is 0 Å². The highest BCUT2D eigenvalue weighted by atomic mass is 79.9. The molecule has 1 aromatic heterocycles. The lowest BCUT2D eigenvalue weighted by atomic mass is 10.1. The van der Waals surface area contributed by atoms with Crippen LogP contribution in [0.5, 0.6) is 0 Å². The standard InChI is InChI=1S/C11H16BrNO2S/c1-13-10(11-6-14-2-3-15-11)5-9-4-8(12)7-16-9/h4,7,10-11,13H,2-3,5-6H2,1H3. The zero-order chi connectivity index (χ0) is 11.4. The monoisotopic (exact) mass is 305 g/mol. The van der Waals surface area contributed by atoms with E-state index in [0.29, 0.717) is 19.3 Å². The highest BCUT2D eigenvalue weighted by Gasteiger charge is 2.24. The second kappa shape index (κ2) is 6.12. The third kappa shape index (κ3) is 3.28. The van der Waals surface area contributed by atoms with Gasteiger partial charge in [0.05, 0.1) is 25.9 Å². The van der Waals surface area contributed by atoms with E-state index in [1.165, 1.54) is 4.88 Å². The number of thiophene rings is 1. The maximum atomic E-state index is 5.72. The van der Waals surface area contributed by atoms with Gasteiger partial charge in [0.1, 0.15) is 0 Å². The zero-order valence-corrected chi connectivity index (χ0v) is 11.6. The first-order valence-corrected chi connectivity index (χ1v) is 7.06. The molecule has 1 aromatic rings. The molecule has 90 valence electrons. The first-order valence-electron chi connectivity index (χ1n) is 5.39. The molecular formula is C11H16BrNO2S. The summed E-state index contributed by atoms with van der Waals surface area (Å²) in [5, 5.41) is 5.43. The maximum Gasteiger partial charge on any atom is 0.0965 e. The molecule has 2 rings (SSSR count). The third-order valence-electron chi connectivity index (χ3n) is 2.70. The third-order valence-corrected chi connectivity index (χ3v) is 4.42. The molecule has 2 heterocycles. The molecule has 3 nitrogen and oxygen atoms in total. The summed E-state index contributed by atoms with van der Waals surface area (Å²) in [4.78, 5) is 1.36. The van der Waals surface area contributed by atoms with E-state index in [1.54, 1.807) is 11.3 Å². The molecule has 0 aromatic carbocycles. The van der Waals surface area contributed by atoms with Crippen LogP contribution in [0.25, 0.3) is 0 Å². The van der Waals surface area contributed by atoms with E-state index in [9.17, 15) is 0 Å². The van der Waals surface area contributed by atoms with Gasteiger partial charge in [0.15, 0.2) is 0 Å². The lowest BCUT2D eigenvalue weighted by Gasteiger charge is -2.30. The summed E-state index contributed by atoms with van der Waals surface area (Å²) in [6.07, 6.45) is 1.15. The fourth-order valence-corrected chi connectivity index (χ4v) is 3.35. The predicted octanol–water partition coefficient (Wildman–Crippen LogP) is 2.06. The number of hydrogen-bond acceptors (Lipinski definition) is 4. The van der Waals surface area contributed by atoms with Crippen LogP contribution >= 0.6 is 27.3 Å². The van der Waals surface area contributed by atoms with Crippen molar-refractivity contribution in [2.45, 2.75) is 18.6 Å². The number of ether oxygens (including phenoxy) is 2. The highest BCUT2D eigenvalue weighted by molar-refractivity contribution is 9.10. The Morgan fingerprint density at radius 3 is 3.06 bits per heavy atom. The Hall–Kier alpha value is 0.0600. The Kier molecular flexibility index (Phi) is 4.79. The molecule has 1 aliphatic heterocycles. The van der Waals surface area contributed by atoms with Gasteiger partial charge in [-0.3, -0.25) is 0 Å². The largest absolute Gasteiger partial charge is 0.376 e. The van der Waals surface area contributed by atoms with Gasteiger partial charge in [-0.1, -0.05) is 0 Å². The molecule has 0 aliphatic carbocycles. The molecule has 1 N–H and O–H groups in total. The average Bonchev–Trinajstić information content (AvgIpc) is 2.73. The smallest absolute Gasteiger partial charge is 0.0965 e. The van der Waals surface area contributed by atoms with Crippen molar-refractivity contribution in [3.8, 4) is 0 Å². The summed E-state index contributed by atoms with van der Waals surface area (Å²) in [7, 11) is 1.98. The number of rotatable bonds is 4. The van der Waals surface area contributed by atoms with Crippen molar-refractivity contribution in [2.75, 3.05) is 26.9 Å². The minimum absolute atomic E-state index is 0.166. The number of hydrogen-bond donors (Lipinski definition) is 1. The van der Waals surface area contributed by atoms with E-state index in [-0.39, 0.29) is 6.10 Å². The van der Waals surface area contributed by atoms with Crippen molar-refractivity contribution < 1.29 is 9.47 Å². The first kappa shape index (κ1) is 12.5. The van der Waals surface area contributed by atoms with E-state index in [4.69, 9.17) is 9.47 Å². The summed E-state index contributed by atoms with van der Waals surface area (Å²) >= 11 is 5.25. The van der Waals surface area contributed by atoms with Crippen LogP contribution in [-0.2, 0) is 15.9 Å². The number of likely N-dealkylation sites (N-methyl/N-ethyl adjacent to an activating group) is 1. The van der Waals surface area contributed by atoms with E-state index in [2.05, 4.69) is 32.7 Å². The molecule has 0 spiro atoms. The molecule has 0 radical (unpaired) electrons. The normalized spacial score (nSPS) is 23.2. The summed E-state index contributed by atoms with van der Waals surface area (Å²) in [5.41, 5.74) is 0. The van der Waals surface area contributed by atoms with Gasteiger partial charge in [0.25, 0.3) is 0 Å². The van der Waals surface area contributed by atoms with Crippen molar-refractivity contribution in [1.82, 2.24) is 5.32 Å². The maximum absolute atomic E-state index is 5.72. The van der Waals surface area contributed by atoms with Crippen LogP contribution in [0, 0.1) is 0 Å². The van der Waals surface area contributed by atoms with Gasteiger partial charge >= 0.3 is 0 Å². The molecule has 2 atom stereocenters. The highest BCUT2D eigenvalue weighted by Crippen LogP contribution is 2.22. The minimum Gasteiger partial charge on any atom is -0.376 e. The first-order chi connectivity index (χ1) is 7.79. The van der Waals surface area contributed by atoms with Crippen LogP contribution in [0.15, 0.2) is 15.9 Å². The summed E-state index contributed by atoms with van der Waals surface area (Å²) in [6.45, 7) is 2.12. The van der Waals surface area contributed by atoms with Crippen molar-refractivity contribution in [2.24, 2.45) is 0 Å². The van der Waals surface area contributed by atoms with Gasteiger partial charge in [-0.15, -0.1) is 11.3 Å². The van der Waals surface area contributed by atoms with E-state index in [1.807, 2.05) is 7.05 Å². The number of nitrogens with one attached hydrogen (secondary N) is 1. The van der Waals surface area contributed by atoms with Crippen LogP contribution in [0.3, 0.4) is 0 Å². The zero-order valence-electron chi connectivity index (χ0n) is 9.24. The molecule has 0 bridgehead atoms. The fourth-order valence-electron chi connectivity index (χ4n) is 1.84. The Morgan fingerprint density at radius 2 is 2.50 bits per heavy atom. The SMILES string of the molecule is CNC(Cc1cc(Br)cs1)C1COCCO1. The molecule has 1 saturated heterocycles. The quantitative estimate of drug-likeness (QED) is 0.923. The second-order valence-corrected chi connectivity index (χ2v) is 5.73. The molecule has 16 heavy (non-hydrogen) atoms. The van der Waals surface area contributed by atoms with Crippen LogP contribution in [-0.4, -0.2) is 39.0 Å². The Bertz CT molecular complexity index is 326. The number of halogens is 1. The lowest BCUT2D eigenvalue weighted by Crippen LogP contribution is -2.46. The average molecular weight is 306 g/mol. The van der Waals surface area contributed by atoms with Crippen LogP contribution in [0.1, 0.15) is 4.88 Å². The molecule has 5 heteroatoms. The molecule has 0 saturated carbocycles. The lowest BCUT2D eigenvalue weighted by molar-refractivity contribution is -0.100. The van der Waals surface area contributed by atoms with Crippen molar-refractivity contribution >= 4 is 27.3 Å². The second-order valence-electron chi connectivity index (χ2n) is 3.81. The fraction of sp³-hybridized carbons (Fsp3) is 0.636. The van der Waals surface area contributed by atoms with Crippen molar-refractivity contribution in [1.29, 1.82) is 0 Å². The van der Waals surface area contributed by atoms with Gasteiger partial charge < -0.3 is 14.8 Å². The molecular weight excluding hydrogens is 290 g/mol. The Balaban J connectivity index is 1.94. The topological polar surface area (TPSA) is 30.5 Å². The van der Waals surface area contributed by atoms with E-state index in [0.717, 1.165) is 17.5 Å². The summed E-state index contributed by atoms with van der Waals surface area (Å²) in [6, 6.07) is 2.49. The van der Waals surface area contributed by atoms with Crippen LogP contribution in [0.2, 0.25) is 0 Å². The molecule has 0 amide bonds. The summed E-state index contributed by atoms with van der Waals surface area (Å²) < 4.78 is 12.3. The molecule has 1 aliphatic rings. The van der Waals surface area contributed by atoms with Gasteiger partial charge in [-0.05, 0) is 35.5 Å². The molecule has 1 fully saturated rings. The summed E-state index contributed by atoms with van der Waals surface area (Å²) in [5.74, 6) is 0. The van der Waals surface area contributed by atoms with Crippen LogP contribution in [0.4, 0.5) is 0 Å². The van der Waals surface area contributed by atoms with Gasteiger partial charge in [0.2, 0.25) is 0 Å². The van der Waals surface area contributed by atoms with Crippen LogP contribution < -0.4 is 5.32 Å². The van der Waals surface area contributed by atoms with E-state index >= 15 is 0 Å². The predicted molar refractivity (Wildman–Crippen MR) is 69.1 cm³/mol. The van der Waals surface area contributed by atoms with Gasteiger partial charge in [-0.25, -0.2) is 0 Å².